The van der Waals surface area contributed by atoms with E-state index in [1.54, 1.807) is 0 Å². The molecule has 2 heterocycles. The maximum Gasteiger partial charge on any atom is 0.101 e. The maximum atomic E-state index is 9.08. The summed E-state index contributed by atoms with van der Waals surface area (Å²) in [5.41, 5.74) is 1.20. The summed E-state index contributed by atoms with van der Waals surface area (Å²) in [7, 11) is 0. The first-order valence-electron chi connectivity index (χ1n) is 6.81. The Labute approximate surface area is 108 Å². The van der Waals surface area contributed by atoms with Crippen LogP contribution in [0.3, 0.4) is 0 Å². The molecule has 0 unspecified atom stereocenters. The van der Waals surface area contributed by atoms with Crippen molar-refractivity contribution >= 4 is 0 Å². The van der Waals surface area contributed by atoms with Crippen molar-refractivity contribution in [1.82, 2.24) is 14.7 Å². The number of hydrogen-bond donors (Lipinski definition) is 0. The first-order chi connectivity index (χ1) is 8.64. The lowest BCUT2D eigenvalue weighted by Gasteiger charge is -2.49. The summed E-state index contributed by atoms with van der Waals surface area (Å²) in [6, 6.07) is 3.13. The van der Waals surface area contributed by atoms with E-state index in [1.165, 1.54) is 18.4 Å². The second-order valence-electron chi connectivity index (χ2n) is 6.07. The van der Waals surface area contributed by atoms with Crippen LogP contribution < -0.4 is 0 Å². The first-order valence-corrected chi connectivity index (χ1v) is 6.81. The van der Waals surface area contributed by atoms with Crippen LogP contribution in [0.25, 0.3) is 0 Å². The van der Waals surface area contributed by atoms with Crippen molar-refractivity contribution in [2.24, 2.45) is 0 Å². The lowest BCUT2D eigenvalue weighted by Crippen LogP contribution is -2.63. The zero-order valence-electron chi connectivity index (χ0n) is 11.1. The Kier molecular flexibility index (Phi) is 2.67. The smallest absolute Gasteiger partial charge is 0.101 e. The fraction of sp³-hybridized carbons (Fsp3) is 0.714. The molecule has 0 N–H and O–H groups in total. The molecule has 1 saturated carbocycles. The molecule has 1 saturated heterocycles. The lowest BCUT2D eigenvalue weighted by molar-refractivity contribution is -0.00122. The van der Waals surface area contributed by atoms with E-state index in [0.717, 1.165) is 19.1 Å². The summed E-state index contributed by atoms with van der Waals surface area (Å²) in [4.78, 5) is 2.49. The summed E-state index contributed by atoms with van der Waals surface area (Å²) < 4.78 is 2.05. The van der Waals surface area contributed by atoms with Crippen molar-refractivity contribution in [3.05, 3.63) is 18.0 Å². The Morgan fingerprint density at radius 1 is 1.50 bits per heavy atom. The zero-order valence-corrected chi connectivity index (χ0v) is 11.1. The number of hydrogen-bond acceptors (Lipinski definition) is 3. The predicted octanol–water partition coefficient (Wildman–Crippen LogP) is 2.09. The number of likely N-dealkylation sites (tertiary alicyclic amines) is 1. The van der Waals surface area contributed by atoms with Crippen LogP contribution >= 0.6 is 0 Å². The number of rotatable bonds is 4. The highest BCUT2D eigenvalue weighted by Crippen LogP contribution is 2.40. The van der Waals surface area contributed by atoms with Crippen LogP contribution in [0.2, 0.25) is 0 Å². The molecule has 0 amide bonds. The molecule has 4 nitrogen and oxygen atoms in total. The predicted molar refractivity (Wildman–Crippen MR) is 69.1 cm³/mol. The minimum Gasteiger partial charge on any atom is -0.295 e. The van der Waals surface area contributed by atoms with E-state index in [9.17, 15) is 0 Å². The number of nitriles is 1. The molecule has 18 heavy (non-hydrogen) atoms. The van der Waals surface area contributed by atoms with Crippen LogP contribution in [-0.2, 0) is 5.54 Å². The van der Waals surface area contributed by atoms with E-state index in [1.807, 2.05) is 10.9 Å². The van der Waals surface area contributed by atoms with Gasteiger partial charge in [0.2, 0.25) is 0 Å². The Morgan fingerprint density at radius 3 is 2.72 bits per heavy atom. The summed E-state index contributed by atoms with van der Waals surface area (Å²) in [5.74, 6) is 0.498. The summed E-state index contributed by atoms with van der Waals surface area (Å²) in [5, 5.41) is 13.6. The van der Waals surface area contributed by atoms with Gasteiger partial charge in [-0.1, -0.05) is 13.8 Å². The summed E-state index contributed by atoms with van der Waals surface area (Å²) in [6.45, 7) is 6.33. The van der Waals surface area contributed by atoms with Crippen molar-refractivity contribution in [2.75, 3.05) is 13.1 Å². The molecule has 0 spiro atoms. The fourth-order valence-electron chi connectivity index (χ4n) is 2.79. The summed E-state index contributed by atoms with van der Waals surface area (Å²) >= 11 is 0. The van der Waals surface area contributed by atoms with Crippen LogP contribution in [-0.4, -0.2) is 33.8 Å². The first kappa shape index (κ1) is 11.7. The van der Waals surface area contributed by atoms with Gasteiger partial charge in [0.1, 0.15) is 5.54 Å². The highest BCUT2D eigenvalue weighted by Gasteiger charge is 2.49. The van der Waals surface area contributed by atoms with Gasteiger partial charge in [-0.05, 0) is 24.3 Å². The Hall–Kier alpha value is -1.34. The SMILES string of the molecule is CC(C)c1cnn(C2(CC#N)CN(C3CC3)C2)c1. The van der Waals surface area contributed by atoms with Gasteiger partial charge in [-0.15, -0.1) is 0 Å². The second kappa shape index (κ2) is 4.10. The van der Waals surface area contributed by atoms with Crippen molar-refractivity contribution in [2.45, 2.75) is 50.6 Å². The molecule has 0 aromatic carbocycles. The van der Waals surface area contributed by atoms with Crippen molar-refractivity contribution < 1.29 is 0 Å². The van der Waals surface area contributed by atoms with E-state index in [-0.39, 0.29) is 5.54 Å². The minimum absolute atomic E-state index is 0.0650. The van der Waals surface area contributed by atoms with Gasteiger partial charge in [-0.3, -0.25) is 9.58 Å². The van der Waals surface area contributed by atoms with Crippen LogP contribution in [0.4, 0.5) is 0 Å². The van der Waals surface area contributed by atoms with Crippen molar-refractivity contribution in [1.29, 1.82) is 5.26 Å². The van der Waals surface area contributed by atoms with Gasteiger partial charge < -0.3 is 0 Å². The second-order valence-corrected chi connectivity index (χ2v) is 6.07. The van der Waals surface area contributed by atoms with Crippen molar-refractivity contribution in [3.63, 3.8) is 0 Å². The maximum absolute atomic E-state index is 9.08. The molecule has 2 aliphatic rings. The Morgan fingerprint density at radius 2 is 2.22 bits per heavy atom. The third-order valence-corrected chi connectivity index (χ3v) is 4.22. The van der Waals surface area contributed by atoms with E-state index >= 15 is 0 Å². The molecule has 3 rings (SSSR count). The van der Waals surface area contributed by atoms with Crippen LogP contribution in [0, 0.1) is 11.3 Å². The van der Waals surface area contributed by atoms with Gasteiger partial charge in [0.25, 0.3) is 0 Å². The molecule has 1 aromatic rings. The fourth-order valence-corrected chi connectivity index (χ4v) is 2.79. The molecule has 1 aromatic heterocycles. The molecular weight excluding hydrogens is 224 g/mol. The average molecular weight is 244 g/mol. The monoisotopic (exact) mass is 244 g/mol. The van der Waals surface area contributed by atoms with Crippen LogP contribution in [0.5, 0.6) is 0 Å². The standard InChI is InChI=1S/C14H20N4/c1-11(2)12-7-16-18(8-12)14(5-6-15)9-17(10-14)13-3-4-13/h7-8,11,13H,3-5,9-10H2,1-2H3. The quantitative estimate of drug-likeness (QED) is 0.814. The molecule has 1 aliphatic heterocycles. The third kappa shape index (κ3) is 1.83. The molecule has 0 radical (unpaired) electrons. The molecule has 0 atom stereocenters. The average Bonchev–Trinajstić information content (AvgIpc) is 2.98. The summed E-state index contributed by atoms with van der Waals surface area (Å²) in [6.07, 6.45) is 7.31. The van der Waals surface area contributed by atoms with Gasteiger partial charge in [0.15, 0.2) is 0 Å². The molecule has 96 valence electrons. The Balaban J connectivity index is 1.79. The largest absolute Gasteiger partial charge is 0.295 e. The van der Waals surface area contributed by atoms with Gasteiger partial charge in [-0.2, -0.15) is 10.4 Å². The van der Waals surface area contributed by atoms with Crippen molar-refractivity contribution in [3.8, 4) is 6.07 Å². The van der Waals surface area contributed by atoms with Gasteiger partial charge in [-0.25, -0.2) is 0 Å². The van der Waals surface area contributed by atoms with Gasteiger partial charge in [0.05, 0.1) is 18.7 Å². The minimum atomic E-state index is -0.0650. The molecule has 2 fully saturated rings. The topological polar surface area (TPSA) is 44.9 Å². The highest BCUT2D eigenvalue weighted by atomic mass is 15.4. The number of aromatic nitrogens is 2. The van der Waals surface area contributed by atoms with E-state index < -0.39 is 0 Å². The number of nitrogens with zero attached hydrogens (tertiary/aromatic N) is 4. The normalized spacial score (nSPS) is 22.8. The molecule has 4 heteroatoms. The van der Waals surface area contributed by atoms with E-state index in [2.05, 4.69) is 36.1 Å². The van der Waals surface area contributed by atoms with E-state index in [4.69, 9.17) is 5.26 Å². The lowest BCUT2D eigenvalue weighted by atomic mass is 9.86. The Bertz CT molecular complexity index is 472. The van der Waals surface area contributed by atoms with Crippen LogP contribution in [0.15, 0.2) is 12.4 Å². The van der Waals surface area contributed by atoms with Gasteiger partial charge >= 0.3 is 0 Å². The zero-order chi connectivity index (χ0) is 12.8. The molecular formula is C14H20N4. The van der Waals surface area contributed by atoms with Crippen LogP contribution in [0.1, 0.15) is 44.6 Å². The third-order valence-electron chi connectivity index (χ3n) is 4.22. The van der Waals surface area contributed by atoms with E-state index in [0.29, 0.717) is 12.3 Å². The van der Waals surface area contributed by atoms with Gasteiger partial charge in [0, 0.05) is 25.3 Å². The molecule has 0 bridgehead atoms. The molecule has 1 aliphatic carbocycles. The highest BCUT2D eigenvalue weighted by molar-refractivity contribution is 5.15.